The summed E-state index contributed by atoms with van der Waals surface area (Å²) in [4.78, 5) is 0. The van der Waals surface area contributed by atoms with Crippen molar-refractivity contribution in [1.82, 2.24) is 0 Å². The summed E-state index contributed by atoms with van der Waals surface area (Å²) in [7, 11) is 0. The van der Waals surface area contributed by atoms with Crippen molar-refractivity contribution in [1.29, 1.82) is 0 Å². The second-order valence-corrected chi connectivity index (χ2v) is 2.74. The van der Waals surface area contributed by atoms with Crippen LogP contribution in [0.3, 0.4) is 0 Å². The maximum absolute atomic E-state index is 8.47. The Morgan fingerprint density at radius 3 is 3.00 bits per heavy atom. The van der Waals surface area contributed by atoms with E-state index >= 15 is 0 Å². The van der Waals surface area contributed by atoms with Crippen LogP contribution < -0.4 is 0 Å². The molecule has 11 heavy (non-hydrogen) atoms. The average molecular weight is 160 g/mol. The SMILES string of the molecule is OCCCCOC1CCCO1. The number of hydrogen-bond donors (Lipinski definition) is 1. The third-order valence-electron chi connectivity index (χ3n) is 1.74. The summed E-state index contributed by atoms with van der Waals surface area (Å²) in [5.74, 6) is 0. The van der Waals surface area contributed by atoms with E-state index in [-0.39, 0.29) is 12.9 Å². The second kappa shape index (κ2) is 5.52. The summed E-state index contributed by atoms with van der Waals surface area (Å²) in [6, 6.07) is 0. The van der Waals surface area contributed by atoms with Gasteiger partial charge in [-0.15, -0.1) is 0 Å². The van der Waals surface area contributed by atoms with E-state index in [0.29, 0.717) is 6.61 Å². The molecule has 3 heteroatoms. The number of aliphatic hydroxyl groups is 1. The number of ether oxygens (including phenoxy) is 2. The van der Waals surface area contributed by atoms with Crippen LogP contribution in [0.4, 0.5) is 0 Å². The van der Waals surface area contributed by atoms with Gasteiger partial charge in [0.1, 0.15) is 0 Å². The van der Waals surface area contributed by atoms with E-state index in [1.807, 2.05) is 0 Å². The van der Waals surface area contributed by atoms with Gasteiger partial charge in [-0.3, -0.25) is 0 Å². The lowest BCUT2D eigenvalue weighted by atomic mass is 10.3. The molecule has 0 amide bonds. The van der Waals surface area contributed by atoms with E-state index in [1.54, 1.807) is 0 Å². The molecule has 1 fully saturated rings. The molecule has 1 saturated heterocycles. The molecule has 1 unspecified atom stereocenters. The van der Waals surface area contributed by atoms with Gasteiger partial charge >= 0.3 is 0 Å². The van der Waals surface area contributed by atoms with Crippen LogP contribution in [0.25, 0.3) is 0 Å². The lowest BCUT2D eigenvalue weighted by molar-refractivity contribution is -0.111. The van der Waals surface area contributed by atoms with Gasteiger partial charge in [-0.2, -0.15) is 0 Å². The molecule has 3 nitrogen and oxygen atoms in total. The molecule has 1 aliphatic rings. The van der Waals surface area contributed by atoms with E-state index in [4.69, 9.17) is 14.6 Å². The second-order valence-electron chi connectivity index (χ2n) is 2.74. The fourth-order valence-corrected chi connectivity index (χ4v) is 1.11. The van der Waals surface area contributed by atoms with E-state index in [9.17, 15) is 0 Å². The molecule has 0 bridgehead atoms. The van der Waals surface area contributed by atoms with Gasteiger partial charge in [-0.05, 0) is 19.3 Å². The summed E-state index contributed by atoms with van der Waals surface area (Å²) in [6.07, 6.45) is 3.93. The number of unbranched alkanes of at least 4 members (excludes halogenated alkanes) is 1. The van der Waals surface area contributed by atoms with Gasteiger partial charge < -0.3 is 14.6 Å². The molecular formula is C8H16O3. The minimum absolute atomic E-state index is 0.0358. The van der Waals surface area contributed by atoms with Gasteiger partial charge in [0.05, 0.1) is 0 Å². The first kappa shape index (κ1) is 8.97. The van der Waals surface area contributed by atoms with Crippen molar-refractivity contribution in [3.63, 3.8) is 0 Å². The fourth-order valence-electron chi connectivity index (χ4n) is 1.11. The van der Waals surface area contributed by atoms with Gasteiger partial charge in [0.2, 0.25) is 0 Å². The van der Waals surface area contributed by atoms with Crippen molar-refractivity contribution < 1.29 is 14.6 Å². The monoisotopic (exact) mass is 160 g/mol. The highest BCUT2D eigenvalue weighted by atomic mass is 16.7. The van der Waals surface area contributed by atoms with E-state index in [0.717, 1.165) is 32.3 Å². The van der Waals surface area contributed by atoms with E-state index < -0.39 is 0 Å². The Kier molecular flexibility index (Phi) is 4.50. The topological polar surface area (TPSA) is 38.7 Å². The molecule has 0 aromatic heterocycles. The molecule has 1 atom stereocenters. The van der Waals surface area contributed by atoms with Crippen molar-refractivity contribution >= 4 is 0 Å². The Labute approximate surface area is 67.3 Å². The van der Waals surface area contributed by atoms with Crippen molar-refractivity contribution in [2.45, 2.75) is 32.0 Å². The maximum atomic E-state index is 8.47. The van der Waals surface area contributed by atoms with Crippen LogP contribution in [0.2, 0.25) is 0 Å². The van der Waals surface area contributed by atoms with Crippen molar-refractivity contribution in [3.8, 4) is 0 Å². The number of hydrogen-bond acceptors (Lipinski definition) is 3. The molecular weight excluding hydrogens is 144 g/mol. The zero-order chi connectivity index (χ0) is 7.94. The van der Waals surface area contributed by atoms with Gasteiger partial charge in [0.25, 0.3) is 0 Å². The molecule has 0 spiro atoms. The third kappa shape index (κ3) is 3.70. The third-order valence-corrected chi connectivity index (χ3v) is 1.74. The first-order valence-corrected chi connectivity index (χ1v) is 4.27. The van der Waals surface area contributed by atoms with Gasteiger partial charge in [0.15, 0.2) is 6.29 Å². The van der Waals surface area contributed by atoms with Crippen LogP contribution in [0, 0.1) is 0 Å². The Morgan fingerprint density at radius 2 is 2.36 bits per heavy atom. The summed E-state index contributed by atoms with van der Waals surface area (Å²) in [5.41, 5.74) is 0. The summed E-state index contributed by atoms with van der Waals surface area (Å²) >= 11 is 0. The smallest absolute Gasteiger partial charge is 0.157 e. The quantitative estimate of drug-likeness (QED) is 0.607. The first-order chi connectivity index (χ1) is 5.43. The highest BCUT2D eigenvalue weighted by Gasteiger charge is 2.14. The van der Waals surface area contributed by atoms with Crippen LogP contribution >= 0.6 is 0 Å². The van der Waals surface area contributed by atoms with Gasteiger partial charge in [-0.1, -0.05) is 0 Å². The van der Waals surface area contributed by atoms with E-state index in [2.05, 4.69) is 0 Å². The van der Waals surface area contributed by atoms with Crippen molar-refractivity contribution in [3.05, 3.63) is 0 Å². The minimum Gasteiger partial charge on any atom is -0.396 e. The molecule has 0 radical (unpaired) electrons. The van der Waals surface area contributed by atoms with Gasteiger partial charge in [0, 0.05) is 26.2 Å². The molecule has 0 aliphatic carbocycles. The zero-order valence-corrected chi connectivity index (χ0v) is 6.79. The summed E-state index contributed by atoms with van der Waals surface area (Å²) in [5, 5.41) is 8.47. The van der Waals surface area contributed by atoms with Crippen LogP contribution in [0.15, 0.2) is 0 Å². The van der Waals surface area contributed by atoms with Crippen molar-refractivity contribution in [2.75, 3.05) is 19.8 Å². The molecule has 1 N–H and O–H groups in total. The lowest BCUT2D eigenvalue weighted by Gasteiger charge is -2.09. The molecule has 0 aromatic rings. The first-order valence-electron chi connectivity index (χ1n) is 4.27. The predicted octanol–water partition coefficient (Wildman–Crippen LogP) is 0.912. The van der Waals surface area contributed by atoms with Crippen LogP contribution in [0.1, 0.15) is 25.7 Å². The van der Waals surface area contributed by atoms with Gasteiger partial charge in [-0.25, -0.2) is 0 Å². The molecule has 66 valence electrons. The molecule has 1 rings (SSSR count). The zero-order valence-electron chi connectivity index (χ0n) is 6.79. The molecule has 1 heterocycles. The lowest BCUT2D eigenvalue weighted by Crippen LogP contribution is -2.11. The summed E-state index contributed by atoms with van der Waals surface area (Å²) < 4.78 is 10.6. The Morgan fingerprint density at radius 1 is 1.45 bits per heavy atom. The maximum Gasteiger partial charge on any atom is 0.157 e. The normalized spacial score (nSPS) is 24.3. The standard InChI is InChI=1S/C8H16O3/c9-5-1-2-6-10-8-4-3-7-11-8/h8-9H,1-7H2. The molecule has 1 aliphatic heterocycles. The average Bonchev–Trinajstić information content (AvgIpc) is 2.50. The Bertz CT molecular complexity index is 89.3. The van der Waals surface area contributed by atoms with Crippen LogP contribution in [-0.2, 0) is 9.47 Å². The largest absolute Gasteiger partial charge is 0.396 e. The molecule has 0 aromatic carbocycles. The highest BCUT2D eigenvalue weighted by molar-refractivity contribution is 4.54. The highest BCUT2D eigenvalue weighted by Crippen LogP contribution is 2.13. The Hall–Kier alpha value is -0.120. The fraction of sp³-hybridized carbons (Fsp3) is 1.00. The Balaban J connectivity index is 1.86. The molecule has 0 saturated carbocycles. The number of rotatable bonds is 5. The summed E-state index contributed by atoms with van der Waals surface area (Å²) in [6.45, 7) is 1.81. The van der Waals surface area contributed by atoms with Crippen LogP contribution in [-0.4, -0.2) is 31.2 Å². The van der Waals surface area contributed by atoms with Crippen LogP contribution in [0.5, 0.6) is 0 Å². The number of aliphatic hydroxyl groups excluding tert-OH is 1. The predicted molar refractivity (Wildman–Crippen MR) is 41.2 cm³/mol. The minimum atomic E-state index is 0.0358. The van der Waals surface area contributed by atoms with Crippen molar-refractivity contribution in [2.24, 2.45) is 0 Å². The van der Waals surface area contributed by atoms with E-state index in [1.165, 1.54) is 0 Å².